The largest absolute Gasteiger partial charge is 0.377 e. The molecule has 1 aromatic carbocycles. The minimum Gasteiger partial charge on any atom is -0.377 e. The van der Waals surface area contributed by atoms with Crippen LogP contribution in [0.4, 0.5) is 0 Å². The lowest BCUT2D eigenvalue weighted by atomic mass is 10.00. The topological polar surface area (TPSA) is 72.5 Å². The summed E-state index contributed by atoms with van der Waals surface area (Å²) in [5.74, 6) is -1.17. The second kappa shape index (κ2) is 7.24. The van der Waals surface area contributed by atoms with Gasteiger partial charge in [-0.25, -0.2) is 8.42 Å². The molecule has 1 aliphatic rings. The van der Waals surface area contributed by atoms with Gasteiger partial charge >= 0.3 is 0 Å². The summed E-state index contributed by atoms with van der Waals surface area (Å²) in [6, 6.07) is 7.50. The van der Waals surface area contributed by atoms with Crippen LogP contribution in [0.15, 0.2) is 24.3 Å². The lowest BCUT2D eigenvalue weighted by molar-refractivity contribution is -0.120. The van der Waals surface area contributed by atoms with Gasteiger partial charge in [-0.2, -0.15) is 0 Å². The van der Waals surface area contributed by atoms with E-state index in [1.807, 2.05) is 31.2 Å². The van der Waals surface area contributed by atoms with E-state index >= 15 is 0 Å². The molecule has 1 saturated heterocycles. The van der Waals surface area contributed by atoms with E-state index in [0.29, 0.717) is 6.61 Å². The average Bonchev–Trinajstić information content (AvgIpc) is 2.47. The Bertz CT molecular complexity index is 604. The zero-order valence-electron chi connectivity index (χ0n) is 13.0. The fraction of sp³-hybridized carbons (Fsp3) is 0.562. The molecule has 0 spiro atoms. The fourth-order valence-electron chi connectivity index (χ4n) is 2.47. The third-order valence-electron chi connectivity index (χ3n) is 3.91. The van der Waals surface area contributed by atoms with E-state index in [1.165, 1.54) is 0 Å². The van der Waals surface area contributed by atoms with Gasteiger partial charge in [-0.15, -0.1) is 0 Å². The van der Waals surface area contributed by atoms with Gasteiger partial charge in [-0.05, 0) is 38.7 Å². The first-order chi connectivity index (χ1) is 10.4. The maximum absolute atomic E-state index is 12.2. The van der Waals surface area contributed by atoms with Gasteiger partial charge < -0.3 is 4.74 Å². The molecule has 6 heteroatoms. The van der Waals surface area contributed by atoms with Gasteiger partial charge in [0.15, 0.2) is 0 Å². The SMILES string of the molecule is Cc1ccc([C@@H](C)C(=O)NS(=O)(=O)C[C@H]2CCCCO2)cc1. The zero-order valence-corrected chi connectivity index (χ0v) is 13.9. The second-order valence-electron chi connectivity index (χ2n) is 5.87. The third-order valence-corrected chi connectivity index (χ3v) is 5.23. The smallest absolute Gasteiger partial charge is 0.240 e. The number of hydrogen-bond donors (Lipinski definition) is 1. The summed E-state index contributed by atoms with van der Waals surface area (Å²) in [7, 11) is -3.67. The van der Waals surface area contributed by atoms with E-state index in [-0.39, 0.29) is 11.9 Å². The molecule has 1 amide bonds. The molecule has 0 aliphatic carbocycles. The number of hydrogen-bond acceptors (Lipinski definition) is 4. The van der Waals surface area contributed by atoms with Gasteiger partial charge in [-0.1, -0.05) is 29.8 Å². The highest BCUT2D eigenvalue weighted by atomic mass is 32.2. The van der Waals surface area contributed by atoms with Crippen LogP contribution in [0.1, 0.15) is 43.2 Å². The van der Waals surface area contributed by atoms with Crippen molar-refractivity contribution in [2.24, 2.45) is 0 Å². The van der Waals surface area contributed by atoms with Crippen LogP contribution in [0.5, 0.6) is 0 Å². The van der Waals surface area contributed by atoms with Gasteiger partial charge in [0.2, 0.25) is 15.9 Å². The van der Waals surface area contributed by atoms with Crippen molar-refractivity contribution in [3.05, 3.63) is 35.4 Å². The van der Waals surface area contributed by atoms with Crippen molar-refractivity contribution in [2.75, 3.05) is 12.4 Å². The predicted octanol–water partition coefficient (Wildman–Crippen LogP) is 2.11. The van der Waals surface area contributed by atoms with E-state index < -0.39 is 21.8 Å². The molecule has 2 rings (SSSR count). The Morgan fingerprint density at radius 3 is 2.59 bits per heavy atom. The quantitative estimate of drug-likeness (QED) is 0.900. The summed E-state index contributed by atoms with van der Waals surface area (Å²) in [4.78, 5) is 12.2. The fourth-order valence-corrected chi connectivity index (χ4v) is 3.79. The van der Waals surface area contributed by atoms with Gasteiger partial charge in [0.25, 0.3) is 0 Å². The monoisotopic (exact) mass is 325 g/mol. The van der Waals surface area contributed by atoms with Crippen molar-refractivity contribution in [3.8, 4) is 0 Å². The van der Waals surface area contributed by atoms with Gasteiger partial charge in [0.1, 0.15) is 0 Å². The van der Waals surface area contributed by atoms with Crippen LogP contribution in [0.25, 0.3) is 0 Å². The van der Waals surface area contributed by atoms with E-state index in [1.54, 1.807) is 6.92 Å². The van der Waals surface area contributed by atoms with Crippen LogP contribution in [-0.2, 0) is 19.6 Å². The van der Waals surface area contributed by atoms with Crippen molar-refractivity contribution >= 4 is 15.9 Å². The molecule has 0 saturated carbocycles. The molecule has 2 atom stereocenters. The number of rotatable bonds is 5. The number of benzene rings is 1. The lowest BCUT2D eigenvalue weighted by Gasteiger charge is -2.22. The molecule has 0 bridgehead atoms. The van der Waals surface area contributed by atoms with Crippen molar-refractivity contribution in [1.29, 1.82) is 0 Å². The Hall–Kier alpha value is -1.40. The standard InChI is InChI=1S/C16H23NO4S/c1-12-6-8-14(9-7-12)13(2)16(18)17-22(19,20)11-15-5-3-4-10-21-15/h6-9,13,15H,3-5,10-11H2,1-2H3,(H,17,18)/t13-,15-/m1/s1. The molecule has 22 heavy (non-hydrogen) atoms. The first-order valence-corrected chi connectivity index (χ1v) is 9.25. The van der Waals surface area contributed by atoms with Crippen LogP contribution in [-0.4, -0.2) is 32.8 Å². The van der Waals surface area contributed by atoms with E-state index in [9.17, 15) is 13.2 Å². The van der Waals surface area contributed by atoms with Crippen LogP contribution in [0.2, 0.25) is 0 Å². The number of carbonyl (C=O) groups excluding carboxylic acids is 1. The highest BCUT2D eigenvalue weighted by Gasteiger charge is 2.26. The van der Waals surface area contributed by atoms with Crippen molar-refractivity contribution in [3.63, 3.8) is 0 Å². The summed E-state index contributed by atoms with van der Waals surface area (Å²) in [5, 5.41) is 0. The molecule has 1 aromatic rings. The normalized spacial score (nSPS) is 20.4. The summed E-state index contributed by atoms with van der Waals surface area (Å²) in [5.41, 5.74) is 1.89. The Morgan fingerprint density at radius 1 is 1.32 bits per heavy atom. The summed E-state index contributed by atoms with van der Waals surface area (Å²) >= 11 is 0. The number of sulfonamides is 1. The van der Waals surface area contributed by atoms with Crippen molar-refractivity contribution in [2.45, 2.75) is 45.1 Å². The number of amides is 1. The molecule has 1 fully saturated rings. The molecule has 0 aromatic heterocycles. The molecule has 0 unspecified atom stereocenters. The molecule has 1 heterocycles. The minimum atomic E-state index is -3.67. The van der Waals surface area contributed by atoms with Crippen molar-refractivity contribution < 1.29 is 17.9 Å². The first-order valence-electron chi connectivity index (χ1n) is 7.60. The van der Waals surface area contributed by atoms with Gasteiger partial charge in [0.05, 0.1) is 17.8 Å². The predicted molar refractivity (Wildman–Crippen MR) is 85.1 cm³/mol. The highest BCUT2D eigenvalue weighted by Crippen LogP contribution is 2.17. The average molecular weight is 325 g/mol. The zero-order chi connectivity index (χ0) is 16.2. The van der Waals surface area contributed by atoms with Crippen molar-refractivity contribution in [1.82, 2.24) is 4.72 Å². The third kappa shape index (κ3) is 4.81. The molecule has 0 radical (unpaired) electrons. The van der Waals surface area contributed by atoms with E-state index in [4.69, 9.17) is 4.74 Å². The Balaban J connectivity index is 1.95. The molecule has 1 aliphatic heterocycles. The van der Waals surface area contributed by atoms with Crippen LogP contribution in [0, 0.1) is 6.92 Å². The van der Waals surface area contributed by atoms with Crippen LogP contribution in [0.3, 0.4) is 0 Å². The first kappa shape index (κ1) is 17.0. The van der Waals surface area contributed by atoms with Crippen LogP contribution >= 0.6 is 0 Å². The molecular weight excluding hydrogens is 302 g/mol. The van der Waals surface area contributed by atoms with E-state index in [0.717, 1.165) is 30.4 Å². The molecule has 1 N–H and O–H groups in total. The van der Waals surface area contributed by atoms with E-state index in [2.05, 4.69) is 4.72 Å². The number of aryl methyl sites for hydroxylation is 1. The molecule has 122 valence electrons. The number of carbonyl (C=O) groups is 1. The summed E-state index contributed by atoms with van der Waals surface area (Å²) < 4.78 is 31.8. The Kier molecular flexibility index (Phi) is 5.58. The number of ether oxygens (including phenoxy) is 1. The van der Waals surface area contributed by atoms with Gasteiger partial charge in [0, 0.05) is 6.61 Å². The Labute approximate surface area is 132 Å². The lowest BCUT2D eigenvalue weighted by Crippen LogP contribution is -2.39. The minimum absolute atomic E-state index is 0.153. The summed E-state index contributed by atoms with van der Waals surface area (Å²) in [6.45, 7) is 4.25. The maximum Gasteiger partial charge on any atom is 0.240 e. The summed E-state index contributed by atoms with van der Waals surface area (Å²) in [6.07, 6.45) is 2.35. The second-order valence-corrected chi connectivity index (χ2v) is 7.64. The molecular formula is C16H23NO4S. The molecule has 5 nitrogen and oxygen atoms in total. The highest BCUT2D eigenvalue weighted by molar-refractivity contribution is 7.90. The Morgan fingerprint density at radius 2 is 2.00 bits per heavy atom. The van der Waals surface area contributed by atoms with Crippen LogP contribution < -0.4 is 4.72 Å². The number of nitrogens with one attached hydrogen (secondary N) is 1. The van der Waals surface area contributed by atoms with Gasteiger partial charge in [-0.3, -0.25) is 9.52 Å². The maximum atomic E-state index is 12.2.